The summed E-state index contributed by atoms with van der Waals surface area (Å²) in [4.78, 5) is 33.0. The summed E-state index contributed by atoms with van der Waals surface area (Å²) >= 11 is 3.24. The van der Waals surface area contributed by atoms with Gasteiger partial charge >= 0.3 is 0 Å². The van der Waals surface area contributed by atoms with E-state index < -0.39 is 27.1 Å². The third-order valence-corrected chi connectivity index (χ3v) is 4.32. The zero-order chi connectivity index (χ0) is 18.2. The average Bonchev–Trinajstić information content (AvgIpc) is 2.73. The molecule has 1 N–H and O–H groups in total. The number of nitrogens with one attached hydrogen (secondary N) is 1. The number of carbonyl (C=O) groups is 1. The molecule has 2 rings (SSSR count). The van der Waals surface area contributed by atoms with Crippen molar-refractivity contribution in [2.24, 2.45) is 7.05 Å². The van der Waals surface area contributed by atoms with Crippen molar-refractivity contribution >= 4 is 38.9 Å². The number of benzene rings is 1. The zero-order valence-electron chi connectivity index (χ0n) is 12.9. The molecule has 0 atom stereocenters. The molecular weight excluding hydrogens is 386 g/mol. The topological polar surface area (TPSA) is 133 Å². The molecular formula is C13H12BrN5O5. The molecule has 1 aromatic heterocycles. The van der Waals surface area contributed by atoms with Gasteiger partial charge in [-0.05, 0) is 29.8 Å². The molecule has 1 amide bonds. The Balaban J connectivity index is 2.48. The Bertz CT molecular complexity index is 841. The van der Waals surface area contributed by atoms with E-state index in [9.17, 15) is 25.0 Å². The van der Waals surface area contributed by atoms with Gasteiger partial charge in [-0.1, -0.05) is 0 Å². The molecule has 1 aromatic carbocycles. The highest BCUT2D eigenvalue weighted by molar-refractivity contribution is 9.10. The third kappa shape index (κ3) is 3.11. The molecule has 0 fully saturated rings. The summed E-state index contributed by atoms with van der Waals surface area (Å²) in [5, 5.41) is 28.6. The molecule has 126 valence electrons. The lowest BCUT2D eigenvalue weighted by Gasteiger charge is -2.07. The van der Waals surface area contributed by atoms with Crippen LogP contribution in [0, 0.1) is 34.1 Å². The zero-order valence-corrected chi connectivity index (χ0v) is 14.4. The molecule has 24 heavy (non-hydrogen) atoms. The molecule has 0 unspecified atom stereocenters. The number of nitro groups is 2. The van der Waals surface area contributed by atoms with Crippen LogP contribution in [-0.4, -0.2) is 25.5 Å². The quantitative estimate of drug-likeness (QED) is 0.622. The van der Waals surface area contributed by atoms with Gasteiger partial charge in [0, 0.05) is 19.2 Å². The van der Waals surface area contributed by atoms with Gasteiger partial charge in [0.05, 0.1) is 25.7 Å². The monoisotopic (exact) mass is 397 g/mol. The maximum absolute atomic E-state index is 12.4. The largest absolute Gasteiger partial charge is 0.320 e. The second kappa shape index (κ2) is 6.35. The van der Waals surface area contributed by atoms with E-state index in [0.29, 0.717) is 10.2 Å². The van der Waals surface area contributed by atoms with Crippen molar-refractivity contribution in [2.45, 2.75) is 13.8 Å². The number of amides is 1. The highest BCUT2D eigenvalue weighted by Gasteiger charge is 2.25. The first-order valence-corrected chi connectivity index (χ1v) is 7.36. The number of aromatic nitrogens is 2. The number of aryl methyl sites for hydroxylation is 2. The highest BCUT2D eigenvalue weighted by atomic mass is 79.9. The molecule has 10 nitrogen and oxygen atoms in total. The second-order valence-electron chi connectivity index (χ2n) is 4.98. The summed E-state index contributed by atoms with van der Waals surface area (Å²) in [6, 6.07) is 2.16. The SMILES string of the molecule is Cc1nn(C)c(C(=O)Nc2cc([N+](=O)[O-])c(C)c([N+](=O)[O-])c2)c1Br. The van der Waals surface area contributed by atoms with Gasteiger partial charge in [0.1, 0.15) is 11.3 Å². The maximum atomic E-state index is 12.4. The summed E-state index contributed by atoms with van der Waals surface area (Å²) in [7, 11) is 1.56. The Hall–Kier alpha value is -2.82. The minimum Gasteiger partial charge on any atom is -0.320 e. The Morgan fingerprint density at radius 3 is 2.08 bits per heavy atom. The fourth-order valence-electron chi connectivity index (χ4n) is 2.20. The minimum atomic E-state index is -0.734. The summed E-state index contributed by atoms with van der Waals surface area (Å²) in [5.41, 5.74) is -0.239. The minimum absolute atomic E-state index is 0.0465. The lowest BCUT2D eigenvalue weighted by Crippen LogP contribution is -2.17. The van der Waals surface area contributed by atoms with Crippen molar-refractivity contribution in [3.05, 3.63) is 53.8 Å². The smallest absolute Gasteiger partial charge is 0.281 e. The Labute approximate surface area is 143 Å². The molecule has 0 aliphatic heterocycles. The fourth-order valence-corrected chi connectivity index (χ4v) is 2.72. The van der Waals surface area contributed by atoms with Crippen LogP contribution in [0.5, 0.6) is 0 Å². The lowest BCUT2D eigenvalue weighted by molar-refractivity contribution is -0.395. The Morgan fingerprint density at radius 1 is 1.21 bits per heavy atom. The maximum Gasteiger partial charge on any atom is 0.281 e. The van der Waals surface area contributed by atoms with E-state index in [0.717, 1.165) is 12.1 Å². The van der Waals surface area contributed by atoms with E-state index in [1.165, 1.54) is 11.6 Å². The van der Waals surface area contributed by atoms with Crippen LogP contribution < -0.4 is 5.32 Å². The van der Waals surface area contributed by atoms with Crippen molar-refractivity contribution in [3.63, 3.8) is 0 Å². The van der Waals surface area contributed by atoms with Crippen molar-refractivity contribution in [1.29, 1.82) is 0 Å². The highest BCUT2D eigenvalue weighted by Crippen LogP contribution is 2.32. The van der Waals surface area contributed by atoms with Crippen LogP contribution in [0.2, 0.25) is 0 Å². The molecule has 0 aliphatic rings. The first kappa shape index (κ1) is 17.5. The van der Waals surface area contributed by atoms with E-state index >= 15 is 0 Å². The number of nitro benzene ring substituents is 2. The third-order valence-electron chi connectivity index (χ3n) is 3.37. The normalized spacial score (nSPS) is 10.5. The molecule has 0 aliphatic carbocycles. The van der Waals surface area contributed by atoms with Crippen molar-refractivity contribution in [2.75, 3.05) is 5.32 Å². The number of rotatable bonds is 4. The van der Waals surface area contributed by atoms with Gasteiger partial charge < -0.3 is 5.32 Å². The van der Waals surface area contributed by atoms with Crippen LogP contribution in [0.1, 0.15) is 21.7 Å². The van der Waals surface area contributed by atoms with E-state index in [-0.39, 0.29) is 16.9 Å². The number of halogens is 1. The van der Waals surface area contributed by atoms with Crippen LogP contribution in [0.4, 0.5) is 17.1 Å². The van der Waals surface area contributed by atoms with Crippen molar-refractivity contribution in [1.82, 2.24) is 9.78 Å². The number of hydrogen-bond donors (Lipinski definition) is 1. The van der Waals surface area contributed by atoms with Crippen LogP contribution in [0.3, 0.4) is 0 Å². The average molecular weight is 398 g/mol. The van der Waals surface area contributed by atoms with Crippen LogP contribution >= 0.6 is 15.9 Å². The molecule has 0 saturated carbocycles. The summed E-state index contributed by atoms with van der Waals surface area (Å²) in [6.07, 6.45) is 0. The van der Waals surface area contributed by atoms with E-state index in [4.69, 9.17) is 0 Å². The van der Waals surface area contributed by atoms with Gasteiger partial charge in [-0.3, -0.25) is 29.7 Å². The van der Waals surface area contributed by atoms with Gasteiger partial charge in [-0.2, -0.15) is 5.10 Å². The first-order valence-electron chi connectivity index (χ1n) is 6.57. The van der Waals surface area contributed by atoms with Crippen molar-refractivity contribution < 1.29 is 14.6 Å². The van der Waals surface area contributed by atoms with Gasteiger partial charge in [-0.25, -0.2) is 0 Å². The molecule has 0 saturated heterocycles. The van der Waals surface area contributed by atoms with Crippen molar-refractivity contribution in [3.8, 4) is 0 Å². The number of nitrogens with zero attached hydrogens (tertiary/aromatic N) is 4. The predicted molar refractivity (Wildman–Crippen MR) is 88.1 cm³/mol. The molecule has 11 heteroatoms. The number of carbonyl (C=O) groups excluding carboxylic acids is 1. The van der Waals surface area contributed by atoms with Crippen LogP contribution in [0.15, 0.2) is 16.6 Å². The first-order chi connectivity index (χ1) is 11.1. The number of anilines is 1. The summed E-state index contributed by atoms with van der Waals surface area (Å²) in [5.74, 6) is -0.600. The molecule has 1 heterocycles. The molecule has 0 radical (unpaired) electrons. The van der Waals surface area contributed by atoms with E-state index in [2.05, 4.69) is 26.3 Å². The molecule has 0 spiro atoms. The standard InChI is InChI=1S/C13H12BrN5O5/c1-6-9(18(21)22)4-8(5-10(6)19(23)24)15-13(20)12-11(14)7(2)16-17(12)3/h4-5H,1-3H3,(H,15,20). The van der Waals surface area contributed by atoms with Crippen LogP contribution in [-0.2, 0) is 7.05 Å². The summed E-state index contributed by atoms with van der Waals surface area (Å²) in [6.45, 7) is 2.98. The van der Waals surface area contributed by atoms with Gasteiger partial charge in [-0.15, -0.1) is 0 Å². The molecule has 2 aromatic rings. The second-order valence-corrected chi connectivity index (χ2v) is 5.77. The Morgan fingerprint density at radius 2 is 1.71 bits per heavy atom. The van der Waals surface area contributed by atoms with Gasteiger partial charge in [0.2, 0.25) is 0 Å². The van der Waals surface area contributed by atoms with Crippen LogP contribution in [0.25, 0.3) is 0 Å². The lowest BCUT2D eigenvalue weighted by atomic mass is 10.1. The number of hydrogen-bond acceptors (Lipinski definition) is 6. The Kier molecular flexibility index (Phi) is 4.64. The van der Waals surface area contributed by atoms with Gasteiger partial charge in [0.15, 0.2) is 0 Å². The predicted octanol–water partition coefficient (Wildman–Crippen LogP) is 2.87. The van der Waals surface area contributed by atoms with E-state index in [1.54, 1.807) is 14.0 Å². The summed E-state index contributed by atoms with van der Waals surface area (Å²) < 4.78 is 1.81. The van der Waals surface area contributed by atoms with E-state index in [1.807, 2.05) is 0 Å². The molecule has 0 bridgehead atoms. The fraction of sp³-hybridized carbons (Fsp3) is 0.231. The van der Waals surface area contributed by atoms with Gasteiger partial charge in [0.25, 0.3) is 17.3 Å².